The van der Waals surface area contributed by atoms with Gasteiger partial charge in [-0.05, 0) is 26.5 Å². The summed E-state index contributed by atoms with van der Waals surface area (Å²) in [6.45, 7) is 4.44. The van der Waals surface area contributed by atoms with Gasteiger partial charge in [-0.2, -0.15) is 0 Å². The largest absolute Gasteiger partial charge is 0.394 e. The number of nitrogens with zero attached hydrogens (tertiary/aromatic N) is 1. The van der Waals surface area contributed by atoms with E-state index in [1.165, 1.54) is 0 Å². The number of hydrogen-bond acceptors (Lipinski definition) is 3. The summed E-state index contributed by atoms with van der Waals surface area (Å²) in [6.07, 6.45) is 0. The summed E-state index contributed by atoms with van der Waals surface area (Å²) in [6, 6.07) is -0.424. The topological polar surface area (TPSA) is 52.6 Å². The third-order valence-corrected chi connectivity index (χ3v) is 2.45. The molecule has 0 saturated carbocycles. The number of likely N-dealkylation sites (N-methyl/N-ethyl adjacent to an activating group) is 1. The van der Waals surface area contributed by atoms with Crippen molar-refractivity contribution in [3.63, 3.8) is 0 Å². The predicted octanol–water partition coefficient (Wildman–Crippen LogP) is -0.297. The van der Waals surface area contributed by atoms with Crippen LogP contribution >= 0.6 is 0 Å². The van der Waals surface area contributed by atoms with E-state index in [4.69, 9.17) is 5.11 Å². The maximum atomic E-state index is 11.5. The molecule has 4 heteroatoms. The Morgan fingerprint density at radius 3 is 2.77 bits per heavy atom. The molecule has 0 aliphatic carbocycles. The van der Waals surface area contributed by atoms with Gasteiger partial charge in [-0.1, -0.05) is 0 Å². The van der Waals surface area contributed by atoms with Crippen LogP contribution in [0, 0.1) is 0 Å². The van der Waals surface area contributed by atoms with Crippen molar-refractivity contribution in [2.45, 2.75) is 19.9 Å². The molecule has 2 N–H and O–H groups in total. The highest BCUT2D eigenvalue weighted by atomic mass is 16.3. The molecule has 1 atom stereocenters. The first-order chi connectivity index (χ1) is 6.06. The number of nitrogens with one attached hydrogen (secondary N) is 1. The molecule has 1 heterocycles. The van der Waals surface area contributed by atoms with Gasteiger partial charge in [0.05, 0.1) is 6.61 Å². The van der Waals surface area contributed by atoms with Crippen LogP contribution in [0.2, 0.25) is 0 Å². The van der Waals surface area contributed by atoms with Crippen LogP contribution in [0.3, 0.4) is 0 Å². The summed E-state index contributed by atoms with van der Waals surface area (Å²) in [5.41, 5.74) is 2.03. The fraction of sp³-hybridized carbons (Fsp3) is 0.667. The van der Waals surface area contributed by atoms with E-state index in [9.17, 15) is 4.79 Å². The van der Waals surface area contributed by atoms with E-state index in [0.29, 0.717) is 0 Å². The van der Waals surface area contributed by atoms with Crippen LogP contribution in [-0.2, 0) is 4.79 Å². The van der Waals surface area contributed by atoms with Crippen LogP contribution < -0.4 is 5.32 Å². The van der Waals surface area contributed by atoms with Crippen molar-refractivity contribution < 1.29 is 9.90 Å². The van der Waals surface area contributed by atoms with E-state index in [2.05, 4.69) is 5.32 Å². The lowest BCUT2D eigenvalue weighted by Crippen LogP contribution is -2.45. The van der Waals surface area contributed by atoms with E-state index in [0.717, 1.165) is 17.8 Å². The molecule has 1 aliphatic rings. The Kier molecular flexibility index (Phi) is 3.06. The first kappa shape index (κ1) is 10.2. The number of carbonyl (C=O) groups is 1. The van der Waals surface area contributed by atoms with Gasteiger partial charge in [-0.3, -0.25) is 9.69 Å². The standard InChI is InChI=1S/C9H16N2O2/c1-6-4-11(3)8(5-12)9(13)10-7(6)2/h8,12H,4-5H2,1-3H3,(H,10,13)/t8-/m0/s1. The van der Waals surface area contributed by atoms with Gasteiger partial charge in [-0.15, -0.1) is 0 Å². The second-order valence-corrected chi connectivity index (χ2v) is 3.51. The normalized spacial score (nSPS) is 25.8. The maximum Gasteiger partial charge on any atom is 0.243 e. The smallest absolute Gasteiger partial charge is 0.243 e. The number of hydrogen-bond donors (Lipinski definition) is 2. The number of amides is 1. The molecule has 0 saturated heterocycles. The Morgan fingerprint density at radius 1 is 1.62 bits per heavy atom. The number of aliphatic hydroxyl groups is 1. The van der Waals surface area contributed by atoms with Gasteiger partial charge in [0.2, 0.25) is 5.91 Å². The van der Waals surface area contributed by atoms with Gasteiger partial charge < -0.3 is 10.4 Å². The second-order valence-electron chi connectivity index (χ2n) is 3.51. The average Bonchev–Trinajstić information content (AvgIpc) is 2.11. The van der Waals surface area contributed by atoms with E-state index in [1.54, 1.807) is 0 Å². The van der Waals surface area contributed by atoms with Crippen molar-refractivity contribution in [3.05, 3.63) is 11.3 Å². The molecular weight excluding hydrogens is 168 g/mol. The zero-order chi connectivity index (χ0) is 10.0. The Hall–Kier alpha value is -0.870. The molecule has 1 aliphatic heterocycles. The quantitative estimate of drug-likeness (QED) is 0.588. The summed E-state index contributed by atoms with van der Waals surface area (Å²) in [5, 5.41) is 11.8. The first-order valence-electron chi connectivity index (χ1n) is 4.34. The van der Waals surface area contributed by atoms with E-state index in [-0.39, 0.29) is 12.5 Å². The van der Waals surface area contributed by atoms with Crippen molar-refractivity contribution in [1.29, 1.82) is 0 Å². The maximum absolute atomic E-state index is 11.5. The second kappa shape index (κ2) is 3.89. The van der Waals surface area contributed by atoms with Crippen molar-refractivity contribution in [2.75, 3.05) is 20.2 Å². The summed E-state index contributed by atoms with van der Waals surface area (Å²) >= 11 is 0. The zero-order valence-corrected chi connectivity index (χ0v) is 8.29. The minimum absolute atomic E-state index is 0.126. The number of aliphatic hydroxyl groups excluding tert-OH is 1. The average molecular weight is 184 g/mol. The summed E-state index contributed by atoms with van der Waals surface area (Å²) in [5.74, 6) is -0.126. The molecule has 0 aromatic heterocycles. The van der Waals surface area contributed by atoms with Crippen LogP contribution in [0.15, 0.2) is 11.3 Å². The third-order valence-electron chi connectivity index (χ3n) is 2.45. The monoisotopic (exact) mass is 184 g/mol. The van der Waals surface area contributed by atoms with Gasteiger partial charge >= 0.3 is 0 Å². The molecule has 0 spiro atoms. The van der Waals surface area contributed by atoms with Gasteiger partial charge in [0.25, 0.3) is 0 Å². The molecule has 1 rings (SSSR count). The number of allylic oxidation sites excluding steroid dienone is 1. The van der Waals surface area contributed by atoms with Crippen LogP contribution in [0.1, 0.15) is 13.8 Å². The molecular formula is C9H16N2O2. The van der Waals surface area contributed by atoms with E-state index >= 15 is 0 Å². The minimum atomic E-state index is -0.424. The fourth-order valence-corrected chi connectivity index (χ4v) is 1.40. The van der Waals surface area contributed by atoms with Gasteiger partial charge in [0.1, 0.15) is 6.04 Å². The Labute approximate surface area is 78.2 Å². The molecule has 74 valence electrons. The SMILES string of the molecule is CC1=C(C)NC(=O)[C@H](CO)N(C)C1. The molecule has 0 radical (unpaired) electrons. The Bertz CT molecular complexity index is 248. The molecule has 13 heavy (non-hydrogen) atoms. The van der Waals surface area contributed by atoms with Crippen molar-refractivity contribution in [1.82, 2.24) is 10.2 Å². The fourth-order valence-electron chi connectivity index (χ4n) is 1.40. The van der Waals surface area contributed by atoms with Gasteiger partial charge in [-0.25, -0.2) is 0 Å². The first-order valence-corrected chi connectivity index (χ1v) is 4.34. The number of carbonyl (C=O) groups excluding carboxylic acids is 1. The zero-order valence-electron chi connectivity index (χ0n) is 8.29. The molecule has 1 amide bonds. The summed E-state index contributed by atoms with van der Waals surface area (Å²) < 4.78 is 0. The Morgan fingerprint density at radius 2 is 2.23 bits per heavy atom. The lowest BCUT2D eigenvalue weighted by Gasteiger charge is -2.21. The van der Waals surface area contributed by atoms with Crippen molar-refractivity contribution in [3.8, 4) is 0 Å². The lowest BCUT2D eigenvalue weighted by atomic mass is 10.2. The molecule has 0 aromatic rings. The molecule has 0 unspecified atom stereocenters. The highest BCUT2D eigenvalue weighted by molar-refractivity contribution is 5.84. The molecule has 4 nitrogen and oxygen atoms in total. The van der Waals surface area contributed by atoms with Gasteiger partial charge in [0, 0.05) is 12.2 Å². The highest BCUT2D eigenvalue weighted by Gasteiger charge is 2.25. The van der Waals surface area contributed by atoms with Crippen LogP contribution in [-0.4, -0.2) is 42.2 Å². The molecule has 0 fully saturated rings. The summed E-state index contributed by atoms with van der Waals surface area (Å²) in [4.78, 5) is 13.3. The lowest BCUT2D eigenvalue weighted by molar-refractivity contribution is -0.126. The number of rotatable bonds is 1. The van der Waals surface area contributed by atoms with Crippen molar-refractivity contribution >= 4 is 5.91 Å². The third kappa shape index (κ3) is 2.08. The van der Waals surface area contributed by atoms with Crippen LogP contribution in [0.4, 0.5) is 0 Å². The summed E-state index contributed by atoms with van der Waals surface area (Å²) in [7, 11) is 1.84. The predicted molar refractivity (Wildman–Crippen MR) is 50.0 cm³/mol. The van der Waals surface area contributed by atoms with Crippen molar-refractivity contribution in [2.24, 2.45) is 0 Å². The minimum Gasteiger partial charge on any atom is -0.394 e. The highest BCUT2D eigenvalue weighted by Crippen LogP contribution is 2.10. The van der Waals surface area contributed by atoms with Crippen LogP contribution in [0.5, 0.6) is 0 Å². The Balaban J connectivity index is 2.86. The van der Waals surface area contributed by atoms with E-state index in [1.807, 2.05) is 25.8 Å². The molecule has 0 bridgehead atoms. The van der Waals surface area contributed by atoms with Crippen LogP contribution in [0.25, 0.3) is 0 Å². The molecule has 0 aromatic carbocycles. The van der Waals surface area contributed by atoms with Gasteiger partial charge in [0.15, 0.2) is 0 Å². The van der Waals surface area contributed by atoms with E-state index < -0.39 is 6.04 Å².